The maximum absolute atomic E-state index is 11.9. The van der Waals surface area contributed by atoms with E-state index in [-0.39, 0.29) is 11.0 Å². The molecule has 0 radical (unpaired) electrons. The zero-order chi connectivity index (χ0) is 13.7. The Balaban J connectivity index is 1.94. The third kappa shape index (κ3) is 3.84. The van der Waals surface area contributed by atoms with Gasteiger partial charge in [0.15, 0.2) is 10.2 Å². The molecule has 0 aliphatic carbocycles. The number of benzene rings is 1. The molecular weight excluding hydrogens is 278 g/mol. The molecule has 1 amide bonds. The van der Waals surface area contributed by atoms with Gasteiger partial charge in [-0.15, -0.1) is 11.3 Å². The molecule has 0 aliphatic heterocycles. The average Bonchev–Trinajstić information content (AvgIpc) is 2.91. The summed E-state index contributed by atoms with van der Waals surface area (Å²) in [4.78, 5) is 16.0. The van der Waals surface area contributed by atoms with Crippen LogP contribution in [-0.2, 0) is 6.42 Å². The van der Waals surface area contributed by atoms with Crippen molar-refractivity contribution in [3.63, 3.8) is 0 Å². The molecule has 4 nitrogen and oxygen atoms in total. The number of aryl methyl sites for hydroxylation is 1. The van der Waals surface area contributed by atoms with Crippen molar-refractivity contribution in [2.24, 2.45) is 0 Å². The summed E-state index contributed by atoms with van der Waals surface area (Å²) in [6, 6.07) is 7.46. The van der Waals surface area contributed by atoms with Gasteiger partial charge in [-0.1, -0.05) is 19.1 Å². The summed E-state index contributed by atoms with van der Waals surface area (Å²) < 4.78 is 0. The lowest BCUT2D eigenvalue weighted by atomic mass is 10.1. The van der Waals surface area contributed by atoms with Crippen molar-refractivity contribution in [3.8, 4) is 0 Å². The predicted molar refractivity (Wildman–Crippen MR) is 81.6 cm³/mol. The quantitative estimate of drug-likeness (QED) is 0.854. The maximum Gasteiger partial charge on any atom is 0.257 e. The second-order valence-electron chi connectivity index (χ2n) is 3.80. The van der Waals surface area contributed by atoms with Crippen LogP contribution in [0.2, 0.25) is 0 Å². The van der Waals surface area contributed by atoms with Crippen LogP contribution in [0.3, 0.4) is 0 Å². The molecule has 1 aromatic carbocycles. The van der Waals surface area contributed by atoms with Crippen LogP contribution in [0.5, 0.6) is 0 Å². The molecule has 98 valence electrons. The van der Waals surface area contributed by atoms with E-state index in [1.54, 1.807) is 18.3 Å². The van der Waals surface area contributed by atoms with Crippen molar-refractivity contribution < 1.29 is 4.79 Å². The SMILES string of the molecule is CCc1ccc(C(=O)NC(=S)Nc2nccs2)cc1. The number of nitrogens with zero attached hydrogens (tertiary/aromatic N) is 1. The van der Waals surface area contributed by atoms with Crippen LogP contribution in [0.15, 0.2) is 35.8 Å². The van der Waals surface area contributed by atoms with Gasteiger partial charge in [0.2, 0.25) is 0 Å². The fourth-order valence-electron chi connectivity index (χ4n) is 1.48. The number of carbonyl (C=O) groups is 1. The van der Waals surface area contributed by atoms with Gasteiger partial charge >= 0.3 is 0 Å². The van der Waals surface area contributed by atoms with Gasteiger partial charge in [0, 0.05) is 17.1 Å². The lowest BCUT2D eigenvalue weighted by molar-refractivity contribution is 0.0977. The fourth-order valence-corrected chi connectivity index (χ4v) is 2.27. The molecule has 0 fully saturated rings. The van der Waals surface area contributed by atoms with Crippen LogP contribution in [0.25, 0.3) is 0 Å². The van der Waals surface area contributed by atoms with Crippen molar-refractivity contribution in [1.29, 1.82) is 0 Å². The zero-order valence-corrected chi connectivity index (χ0v) is 12.0. The first-order valence-corrected chi connectivity index (χ1v) is 7.08. The summed E-state index contributed by atoms with van der Waals surface area (Å²) in [7, 11) is 0. The van der Waals surface area contributed by atoms with E-state index in [2.05, 4.69) is 22.5 Å². The second kappa shape index (κ2) is 6.40. The number of thiazole rings is 1. The number of anilines is 1. The molecule has 0 unspecified atom stereocenters. The first kappa shape index (κ1) is 13.6. The van der Waals surface area contributed by atoms with Gasteiger partial charge < -0.3 is 5.32 Å². The Kier molecular flexibility index (Phi) is 4.59. The molecule has 0 saturated carbocycles. The van der Waals surface area contributed by atoms with Crippen molar-refractivity contribution in [2.75, 3.05) is 5.32 Å². The topological polar surface area (TPSA) is 54.0 Å². The number of carbonyl (C=O) groups excluding carboxylic acids is 1. The van der Waals surface area contributed by atoms with Gasteiger partial charge in [-0.25, -0.2) is 4.98 Å². The molecule has 0 atom stereocenters. The number of aromatic nitrogens is 1. The van der Waals surface area contributed by atoms with Gasteiger partial charge in [0.25, 0.3) is 5.91 Å². The largest absolute Gasteiger partial charge is 0.308 e. The first-order chi connectivity index (χ1) is 9.19. The van der Waals surface area contributed by atoms with E-state index in [0.29, 0.717) is 10.7 Å². The number of nitrogens with one attached hydrogen (secondary N) is 2. The molecule has 0 bridgehead atoms. The van der Waals surface area contributed by atoms with Crippen molar-refractivity contribution >= 4 is 39.7 Å². The molecule has 1 aromatic heterocycles. The van der Waals surface area contributed by atoms with Gasteiger partial charge in [0.05, 0.1) is 0 Å². The number of amides is 1. The molecule has 6 heteroatoms. The minimum absolute atomic E-state index is 0.225. The number of thiocarbonyl (C=S) groups is 1. The standard InChI is InChI=1S/C13H13N3OS2/c1-2-9-3-5-10(6-4-9)11(17)15-12(18)16-13-14-7-8-19-13/h3-8H,2H2,1H3,(H2,14,15,16,17,18). The molecule has 0 aliphatic rings. The molecule has 0 spiro atoms. The van der Waals surface area contributed by atoms with Crippen LogP contribution in [0, 0.1) is 0 Å². The minimum atomic E-state index is -0.225. The third-order valence-corrected chi connectivity index (χ3v) is 3.40. The highest BCUT2D eigenvalue weighted by atomic mass is 32.1. The highest BCUT2D eigenvalue weighted by molar-refractivity contribution is 7.80. The van der Waals surface area contributed by atoms with E-state index in [1.807, 2.05) is 17.5 Å². The van der Waals surface area contributed by atoms with Gasteiger partial charge in [-0.2, -0.15) is 0 Å². The molecule has 2 rings (SSSR count). The van der Waals surface area contributed by atoms with Crippen LogP contribution >= 0.6 is 23.6 Å². The molecule has 19 heavy (non-hydrogen) atoms. The van der Waals surface area contributed by atoms with Crippen LogP contribution in [0.1, 0.15) is 22.8 Å². The summed E-state index contributed by atoms with van der Waals surface area (Å²) in [6.45, 7) is 2.07. The Morgan fingerprint density at radius 1 is 1.37 bits per heavy atom. The van der Waals surface area contributed by atoms with Gasteiger partial charge in [-0.3, -0.25) is 10.1 Å². The number of rotatable bonds is 3. The molecule has 2 aromatic rings. The van der Waals surface area contributed by atoms with E-state index in [4.69, 9.17) is 12.2 Å². The summed E-state index contributed by atoms with van der Waals surface area (Å²) >= 11 is 6.47. The molecule has 0 saturated heterocycles. The lowest BCUT2D eigenvalue weighted by Crippen LogP contribution is -2.34. The normalized spacial score (nSPS) is 9.95. The fraction of sp³-hybridized carbons (Fsp3) is 0.154. The van der Waals surface area contributed by atoms with E-state index in [9.17, 15) is 4.79 Å². The maximum atomic E-state index is 11.9. The molecule has 1 heterocycles. The Labute approximate surface area is 120 Å². The highest BCUT2D eigenvalue weighted by Crippen LogP contribution is 2.10. The summed E-state index contributed by atoms with van der Waals surface area (Å²) in [5.41, 5.74) is 1.78. The summed E-state index contributed by atoms with van der Waals surface area (Å²) in [5, 5.41) is 8.21. The zero-order valence-electron chi connectivity index (χ0n) is 10.3. The first-order valence-electron chi connectivity index (χ1n) is 5.80. The Bertz CT molecular complexity index is 564. The Morgan fingerprint density at radius 3 is 2.68 bits per heavy atom. The Hall–Kier alpha value is -1.79. The minimum Gasteiger partial charge on any atom is -0.308 e. The Morgan fingerprint density at radius 2 is 2.11 bits per heavy atom. The van der Waals surface area contributed by atoms with E-state index in [1.165, 1.54) is 16.9 Å². The molecular formula is C13H13N3OS2. The van der Waals surface area contributed by atoms with E-state index < -0.39 is 0 Å². The van der Waals surface area contributed by atoms with Crippen LogP contribution in [0.4, 0.5) is 5.13 Å². The van der Waals surface area contributed by atoms with E-state index in [0.717, 1.165) is 6.42 Å². The van der Waals surface area contributed by atoms with Crippen molar-refractivity contribution in [3.05, 3.63) is 47.0 Å². The van der Waals surface area contributed by atoms with Gasteiger partial charge in [-0.05, 0) is 36.3 Å². The monoisotopic (exact) mass is 291 g/mol. The summed E-state index contributed by atoms with van der Waals surface area (Å²) in [6.07, 6.45) is 2.62. The van der Waals surface area contributed by atoms with Crippen molar-refractivity contribution in [1.82, 2.24) is 10.3 Å². The lowest BCUT2D eigenvalue weighted by Gasteiger charge is -2.07. The second-order valence-corrected chi connectivity index (χ2v) is 5.10. The van der Waals surface area contributed by atoms with Crippen molar-refractivity contribution in [2.45, 2.75) is 13.3 Å². The third-order valence-electron chi connectivity index (χ3n) is 2.50. The predicted octanol–water partition coefficient (Wildman–Crippen LogP) is 2.83. The summed E-state index contributed by atoms with van der Waals surface area (Å²) in [5.74, 6) is -0.225. The smallest absolute Gasteiger partial charge is 0.257 e. The van der Waals surface area contributed by atoms with Gasteiger partial charge in [0.1, 0.15) is 0 Å². The molecule has 2 N–H and O–H groups in total. The number of hydrogen-bond acceptors (Lipinski definition) is 4. The average molecular weight is 291 g/mol. The highest BCUT2D eigenvalue weighted by Gasteiger charge is 2.08. The number of hydrogen-bond donors (Lipinski definition) is 2. The van der Waals surface area contributed by atoms with Crippen LogP contribution in [-0.4, -0.2) is 16.0 Å². The van der Waals surface area contributed by atoms with E-state index >= 15 is 0 Å². The van der Waals surface area contributed by atoms with Crippen LogP contribution < -0.4 is 10.6 Å².